The lowest BCUT2D eigenvalue weighted by atomic mass is 9.64. The highest BCUT2D eigenvalue weighted by atomic mass is 32.1. The van der Waals surface area contributed by atoms with Crippen LogP contribution in [-0.2, 0) is 13.0 Å². The van der Waals surface area contributed by atoms with Crippen LogP contribution in [0.5, 0.6) is 11.5 Å². The molecule has 3 aliphatic rings. The number of carbonyl (C=O) groups excluding carboxylic acids is 1. The van der Waals surface area contributed by atoms with Crippen LogP contribution in [0.4, 0.5) is 0 Å². The van der Waals surface area contributed by atoms with E-state index in [4.69, 9.17) is 9.47 Å². The van der Waals surface area contributed by atoms with Gasteiger partial charge in [-0.1, -0.05) is 55.0 Å². The monoisotopic (exact) mass is 727 g/mol. The minimum atomic E-state index is -1.20. The Bertz CT molecular complexity index is 1870. The summed E-state index contributed by atoms with van der Waals surface area (Å²) in [4.78, 5) is 17.3. The van der Waals surface area contributed by atoms with Crippen LogP contribution in [0.25, 0.3) is 10.1 Å². The number of ether oxygens (including phenoxy) is 2. The van der Waals surface area contributed by atoms with Gasteiger partial charge in [-0.05, 0) is 98.6 Å². The number of benzene rings is 3. The number of nitrogens with zero attached hydrogens (tertiary/aromatic N) is 1. The van der Waals surface area contributed by atoms with Gasteiger partial charge in [0.1, 0.15) is 11.5 Å². The number of hydrogen-bond donors (Lipinski definition) is 4. The Morgan fingerprint density at radius 2 is 1.85 bits per heavy atom. The summed E-state index contributed by atoms with van der Waals surface area (Å²) in [6, 6.07) is 21.7. The van der Waals surface area contributed by atoms with E-state index in [-0.39, 0.29) is 24.8 Å². The number of methoxy groups -OCH3 is 2. The summed E-state index contributed by atoms with van der Waals surface area (Å²) in [5.41, 5.74) is 2.72. The molecule has 1 aromatic heterocycles. The van der Waals surface area contributed by atoms with E-state index < -0.39 is 29.8 Å². The number of aliphatic hydroxyl groups is 4. The summed E-state index contributed by atoms with van der Waals surface area (Å²) in [7, 11) is 3.21. The molecule has 0 saturated heterocycles. The maximum Gasteiger partial charge on any atom is 0.203 e. The van der Waals surface area contributed by atoms with Gasteiger partial charge in [0, 0.05) is 46.9 Å². The van der Waals surface area contributed by atoms with Crippen molar-refractivity contribution < 1.29 is 34.7 Å². The predicted molar refractivity (Wildman–Crippen MR) is 207 cm³/mol. The van der Waals surface area contributed by atoms with E-state index in [1.807, 2.05) is 65.6 Å². The van der Waals surface area contributed by atoms with E-state index in [2.05, 4.69) is 26.0 Å². The fourth-order valence-electron chi connectivity index (χ4n) is 8.56. The molecule has 5 atom stereocenters. The maximum absolute atomic E-state index is 14.6. The number of aliphatic hydroxyl groups excluding tert-OH is 3. The Morgan fingerprint density at radius 3 is 2.60 bits per heavy atom. The molecule has 4 aromatic rings. The van der Waals surface area contributed by atoms with Gasteiger partial charge in [0.25, 0.3) is 0 Å². The molecule has 0 radical (unpaired) electrons. The second-order valence-electron chi connectivity index (χ2n) is 15.1. The van der Waals surface area contributed by atoms with E-state index in [1.54, 1.807) is 14.2 Å². The molecular formula is C43H53NO7S. The lowest BCUT2D eigenvalue weighted by Gasteiger charge is -2.46. The molecular weight excluding hydrogens is 675 g/mol. The predicted octanol–water partition coefficient (Wildman–Crippen LogP) is 7.04. The molecule has 278 valence electrons. The molecule has 3 aliphatic carbocycles. The van der Waals surface area contributed by atoms with Crippen LogP contribution in [0.2, 0.25) is 0 Å². The van der Waals surface area contributed by atoms with Gasteiger partial charge in [-0.25, -0.2) is 0 Å². The summed E-state index contributed by atoms with van der Waals surface area (Å²) in [6.07, 6.45) is 5.17. The molecule has 0 aliphatic heterocycles. The highest BCUT2D eigenvalue weighted by molar-refractivity contribution is 7.21. The Balaban J connectivity index is 1.42. The van der Waals surface area contributed by atoms with Gasteiger partial charge in [0.05, 0.1) is 43.5 Å². The van der Waals surface area contributed by atoms with Gasteiger partial charge in [-0.3, -0.25) is 9.69 Å². The first-order valence-electron chi connectivity index (χ1n) is 18.4. The van der Waals surface area contributed by atoms with Crippen molar-refractivity contribution in [3.63, 3.8) is 0 Å². The third-order valence-corrected chi connectivity index (χ3v) is 12.7. The molecule has 4 N–H and O–H groups in total. The molecule has 9 heteroatoms. The number of carbonyl (C=O) groups is 1. The smallest absolute Gasteiger partial charge is 0.203 e. The van der Waals surface area contributed by atoms with Crippen LogP contribution in [0.1, 0.15) is 90.2 Å². The first-order chi connectivity index (χ1) is 25.0. The fourth-order valence-corrected chi connectivity index (χ4v) is 9.57. The second-order valence-corrected chi connectivity index (χ2v) is 16.2. The van der Waals surface area contributed by atoms with Crippen molar-refractivity contribution in [1.29, 1.82) is 0 Å². The summed E-state index contributed by atoms with van der Waals surface area (Å²) >= 11 is 1.50. The molecule has 8 nitrogen and oxygen atoms in total. The topological polar surface area (TPSA) is 120 Å². The minimum absolute atomic E-state index is 0.0348. The quantitative estimate of drug-likeness (QED) is 0.0960. The van der Waals surface area contributed by atoms with Crippen molar-refractivity contribution in [3.05, 3.63) is 106 Å². The number of thiophene rings is 1. The van der Waals surface area contributed by atoms with Crippen LogP contribution >= 0.6 is 11.3 Å². The summed E-state index contributed by atoms with van der Waals surface area (Å²) < 4.78 is 12.2. The Hall–Kier alpha value is -3.57. The van der Waals surface area contributed by atoms with Gasteiger partial charge in [0.2, 0.25) is 5.78 Å². The summed E-state index contributed by atoms with van der Waals surface area (Å²) in [5.74, 6) is 1.13. The maximum atomic E-state index is 14.6. The zero-order valence-electron chi connectivity index (χ0n) is 30.8. The number of hydrogen-bond acceptors (Lipinski definition) is 9. The van der Waals surface area contributed by atoms with Crippen LogP contribution in [0, 0.1) is 5.41 Å². The number of fused-ring (bicyclic) bond motifs is 9. The average molecular weight is 728 g/mol. The molecule has 0 unspecified atom stereocenters. The molecule has 1 heterocycles. The number of rotatable bonds is 11. The van der Waals surface area contributed by atoms with E-state index in [0.29, 0.717) is 60.6 Å². The van der Waals surface area contributed by atoms with Crippen molar-refractivity contribution in [2.75, 3.05) is 33.9 Å². The van der Waals surface area contributed by atoms with Crippen LogP contribution < -0.4 is 9.47 Å². The van der Waals surface area contributed by atoms with E-state index in [1.165, 1.54) is 16.9 Å². The molecule has 52 heavy (non-hydrogen) atoms. The normalized spacial score (nSPS) is 24.4. The molecule has 0 amide bonds. The summed E-state index contributed by atoms with van der Waals surface area (Å²) in [5, 5.41) is 45.6. The highest BCUT2D eigenvalue weighted by Crippen LogP contribution is 2.59. The Labute approximate surface area is 311 Å². The number of ketones is 1. The standard InChI is InChI=1S/C43H53NO7S/c1-28-8-7-18-42(2)37(17-19-43(42,49)27-44(25-33(47)26-45)24-31-13-15-34(50-3)23-38(31)51-4)35-16-12-29(20-32(46)14-11-28)21-36(35)41(48)40-22-30-9-5-6-10-39(30)52-40/h5-6,8-10,12-13,15-16,21-23,32-33,37,45-47,49H,7,11,14,17-20,24-27H2,1-4H3/t32-,33-,37-,42-,43+/m0/s1. The molecule has 2 bridgehead atoms. The first-order valence-corrected chi connectivity index (χ1v) is 19.2. The lowest BCUT2D eigenvalue weighted by molar-refractivity contribution is -0.0908. The Kier molecular flexibility index (Phi) is 11.9. The second kappa shape index (κ2) is 16.2. The van der Waals surface area contributed by atoms with Gasteiger partial charge < -0.3 is 29.9 Å². The molecule has 7 rings (SSSR count). The molecule has 1 saturated carbocycles. The van der Waals surface area contributed by atoms with Crippen LogP contribution in [0.3, 0.4) is 0 Å². The first kappa shape index (κ1) is 38.2. The number of allylic oxidation sites excluding steroid dienone is 2. The van der Waals surface area contributed by atoms with Crippen molar-refractivity contribution in [2.24, 2.45) is 5.41 Å². The molecule has 1 fully saturated rings. The van der Waals surface area contributed by atoms with Gasteiger partial charge in [0.15, 0.2) is 0 Å². The highest BCUT2D eigenvalue weighted by Gasteiger charge is 2.57. The van der Waals surface area contributed by atoms with Crippen molar-refractivity contribution >= 4 is 27.2 Å². The summed E-state index contributed by atoms with van der Waals surface area (Å²) in [6.45, 7) is 4.65. The van der Waals surface area contributed by atoms with Crippen molar-refractivity contribution in [3.8, 4) is 11.5 Å². The van der Waals surface area contributed by atoms with Crippen molar-refractivity contribution in [1.82, 2.24) is 4.90 Å². The molecule has 3 aromatic carbocycles. The van der Waals surface area contributed by atoms with Gasteiger partial charge in [-0.2, -0.15) is 0 Å². The SMILES string of the molecule is COc1ccc(CN(C[C@H](O)CO)C[C@]2(O)CC[C@H]3c4ccc(cc4C(=O)c4cc5ccccc5s4)C[C@@H](O)CCC(C)=CCC[C@@]32C)c(OC)c1. The molecule has 0 spiro atoms. The lowest BCUT2D eigenvalue weighted by Crippen LogP contribution is -2.53. The average Bonchev–Trinajstić information content (AvgIpc) is 3.68. The van der Waals surface area contributed by atoms with E-state index in [9.17, 15) is 25.2 Å². The van der Waals surface area contributed by atoms with Crippen LogP contribution in [0.15, 0.2) is 78.4 Å². The largest absolute Gasteiger partial charge is 0.497 e. The zero-order chi connectivity index (χ0) is 37.0. The Morgan fingerprint density at radius 1 is 1.04 bits per heavy atom. The van der Waals surface area contributed by atoms with Gasteiger partial charge >= 0.3 is 0 Å². The van der Waals surface area contributed by atoms with E-state index >= 15 is 0 Å². The van der Waals surface area contributed by atoms with Crippen LogP contribution in [-0.4, -0.2) is 82.8 Å². The third kappa shape index (κ3) is 8.00. The van der Waals surface area contributed by atoms with Crippen molar-refractivity contribution in [2.45, 2.75) is 89.1 Å². The fraction of sp³-hybridized carbons (Fsp3) is 0.465. The van der Waals surface area contributed by atoms with Gasteiger partial charge in [-0.15, -0.1) is 11.3 Å². The third-order valence-electron chi connectivity index (χ3n) is 11.6. The van der Waals surface area contributed by atoms with E-state index in [0.717, 1.165) is 39.6 Å². The minimum Gasteiger partial charge on any atom is -0.497 e. The zero-order valence-corrected chi connectivity index (χ0v) is 31.6.